The van der Waals surface area contributed by atoms with E-state index >= 15 is 0 Å². The molecule has 0 radical (unpaired) electrons. The van der Waals surface area contributed by atoms with Crippen LogP contribution in [0.15, 0.2) is 39.8 Å². The summed E-state index contributed by atoms with van der Waals surface area (Å²) in [7, 11) is -2.94. The van der Waals surface area contributed by atoms with Crippen molar-refractivity contribution >= 4 is 37.6 Å². The number of rotatable bonds is 6. The Kier molecular flexibility index (Phi) is 5.96. The Morgan fingerprint density at radius 2 is 2.08 bits per heavy atom. The van der Waals surface area contributed by atoms with Gasteiger partial charge in [-0.1, -0.05) is 0 Å². The molecule has 1 aromatic carbocycles. The smallest absolute Gasteiger partial charge is 0.338 e. The number of hydrogen-bond acceptors (Lipinski definition) is 6. The van der Waals surface area contributed by atoms with Gasteiger partial charge in [0.15, 0.2) is 0 Å². The highest BCUT2D eigenvalue weighted by Crippen LogP contribution is 2.28. The summed E-state index contributed by atoms with van der Waals surface area (Å²) in [5.74, 6) is -1.80. The van der Waals surface area contributed by atoms with E-state index in [1.165, 1.54) is 25.4 Å². The zero-order valence-corrected chi connectivity index (χ0v) is 15.6. The van der Waals surface area contributed by atoms with E-state index in [0.717, 1.165) is 12.1 Å². The molecule has 1 heterocycles. The van der Waals surface area contributed by atoms with Crippen LogP contribution >= 0.6 is 15.9 Å². The summed E-state index contributed by atoms with van der Waals surface area (Å²) in [5.41, 5.74) is -0.0502. The van der Waals surface area contributed by atoms with E-state index in [1.807, 2.05) is 0 Å². The van der Waals surface area contributed by atoms with E-state index in [4.69, 9.17) is 9.47 Å². The summed E-state index contributed by atoms with van der Waals surface area (Å²) >= 11 is 3.17. The van der Waals surface area contributed by atoms with Crippen LogP contribution in [0.4, 0.5) is 10.1 Å². The number of halogens is 2. The van der Waals surface area contributed by atoms with Crippen LogP contribution in [-0.4, -0.2) is 33.1 Å². The fourth-order valence-electron chi connectivity index (χ4n) is 1.92. The van der Waals surface area contributed by atoms with Gasteiger partial charge in [0.2, 0.25) is 5.88 Å². The molecular weight excluding hydrogens is 419 g/mol. The molecule has 2 aromatic rings. The first kappa shape index (κ1) is 19.1. The Labute approximate surface area is 152 Å². The molecule has 0 saturated heterocycles. The fourth-order valence-corrected chi connectivity index (χ4v) is 3.36. The molecule has 134 valence electrons. The monoisotopic (exact) mass is 432 g/mol. The van der Waals surface area contributed by atoms with Gasteiger partial charge in [-0.15, -0.1) is 0 Å². The third kappa shape index (κ3) is 4.45. The second-order valence-corrected chi connectivity index (χ2v) is 7.25. The maximum atomic E-state index is 14.2. The van der Waals surface area contributed by atoms with E-state index in [1.54, 1.807) is 6.92 Å². The third-order valence-corrected chi connectivity index (χ3v) is 4.82. The molecule has 2 rings (SSSR count). The van der Waals surface area contributed by atoms with Crippen molar-refractivity contribution in [3.63, 3.8) is 0 Å². The summed E-state index contributed by atoms with van der Waals surface area (Å²) in [6.07, 6.45) is 1.42. The van der Waals surface area contributed by atoms with Crippen molar-refractivity contribution in [3.05, 3.63) is 46.3 Å². The molecular formula is C15H14BrFN2O5S. The normalized spacial score (nSPS) is 11.0. The van der Waals surface area contributed by atoms with Crippen LogP contribution in [0.25, 0.3) is 0 Å². The van der Waals surface area contributed by atoms with Crippen molar-refractivity contribution in [3.8, 4) is 5.88 Å². The van der Waals surface area contributed by atoms with Crippen molar-refractivity contribution in [1.29, 1.82) is 0 Å². The number of aromatic nitrogens is 1. The molecule has 1 aromatic heterocycles. The number of ether oxygens (including phenoxy) is 2. The summed E-state index contributed by atoms with van der Waals surface area (Å²) in [6, 6.07) is 4.39. The van der Waals surface area contributed by atoms with Crippen LogP contribution in [0.3, 0.4) is 0 Å². The standard InChI is InChI=1S/C15H14BrFN2O5S/c1-3-24-15(20)9-4-5-13(11(17)6-9)25(21,22)19-12-7-10(16)8-18-14(12)23-2/h4-8,19H,3H2,1-2H3. The lowest BCUT2D eigenvalue weighted by Crippen LogP contribution is -2.16. The van der Waals surface area contributed by atoms with E-state index < -0.39 is 26.7 Å². The van der Waals surface area contributed by atoms with E-state index in [-0.39, 0.29) is 23.7 Å². The molecule has 0 bridgehead atoms. The van der Waals surface area contributed by atoms with Gasteiger partial charge in [0, 0.05) is 10.7 Å². The first-order valence-corrected chi connectivity index (χ1v) is 9.25. The lowest BCUT2D eigenvalue weighted by atomic mass is 10.2. The minimum Gasteiger partial charge on any atom is -0.479 e. The number of nitrogens with zero attached hydrogens (tertiary/aromatic N) is 1. The van der Waals surface area contributed by atoms with E-state index in [0.29, 0.717) is 4.47 Å². The highest BCUT2D eigenvalue weighted by Gasteiger charge is 2.23. The van der Waals surface area contributed by atoms with Crippen LogP contribution in [0.1, 0.15) is 17.3 Å². The van der Waals surface area contributed by atoms with Gasteiger partial charge in [-0.3, -0.25) is 4.72 Å². The summed E-state index contributed by atoms with van der Waals surface area (Å²) in [4.78, 5) is 14.9. The Hall–Kier alpha value is -2.20. The van der Waals surface area contributed by atoms with Crippen molar-refractivity contribution < 1.29 is 27.1 Å². The average molecular weight is 433 g/mol. The molecule has 7 nitrogen and oxygen atoms in total. The lowest BCUT2D eigenvalue weighted by molar-refractivity contribution is 0.0525. The van der Waals surface area contributed by atoms with E-state index in [2.05, 4.69) is 25.6 Å². The largest absolute Gasteiger partial charge is 0.479 e. The van der Waals surface area contributed by atoms with Crippen LogP contribution in [0.5, 0.6) is 5.88 Å². The Morgan fingerprint density at radius 3 is 2.68 bits per heavy atom. The number of sulfonamides is 1. The number of carbonyl (C=O) groups excluding carboxylic acids is 1. The number of pyridine rings is 1. The zero-order valence-electron chi connectivity index (χ0n) is 13.2. The number of carbonyl (C=O) groups is 1. The SMILES string of the molecule is CCOC(=O)c1ccc(S(=O)(=O)Nc2cc(Br)cnc2OC)c(F)c1. The highest BCUT2D eigenvalue weighted by molar-refractivity contribution is 9.10. The zero-order chi connectivity index (χ0) is 18.6. The number of nitrogens with one attached hydrogen (secondary N) is 1. The predicted octanol–water partition coefficient (Wildman–Crippen LogP) is 2.97. The Morgan fingerprint density at radius 1 is 1.36 bits per heavy atom. The minimum absolute atomic E-state index is 0.0235. The lowest BCUT2D eigenvalue weighted by Gasteiger charge is -2.12. The van der Waals surface area contributed by atoms with Crippen molar-refractivity contribution in [2.75, 3.05) is 18.4 Å². The molecule has 0 aliphatic heterocycles. The molecule has 0 spiro atoms. The second-order valence-electron chi connectivity index (χ2n) is 4.68. The van der Waals surface area contributed by atoms with Gasteiger partial charge < -0.3 is 9.47 Å². The first-order chi connectivity index (χ1) is 11.8. The van der Waals surface area contributed by atoms with Crippen molar-refractivity contribution in [2.24, 2.45) is 0 Å². The van der Waals surface area contributed by atoms with Crippen molar-refractivity contribution in [2.45, 2.75) is 11.8 Å². The molecule has 0 amide bonds. The van der Waals surface area contributed by atoms with Crippen molar-refractivity contribution in [1.82, 2.24) is 4.98 Å². The summed E-state index contributed by atoms with van der Waals surface area (Å²) in [5, 5.41) is 0. The predicted molar refractivity (Wildman–Crippen MR) is 91.7 cm³/mol. The fraction of sp³-hybridized carbons (Fsp3) is 0.200. The number of esters is 1. The highest BCUT2D eigenvalue weighted by atomic mass is 79.9. The maximum absolute atomic E-state index is 14.2. The summed E-state index contributed by atoms with van der Waals surface area (Å²) in [6.45, 7) is 1.73. The van der Waals surface area contributed by atoms with Gasteiger partial charge in [-0.2, -0.15) is 0 Å². The number of methoxy groups -OCH3 is 1. The Balaban J connectivity index is 2.37. The minimum atomic E-state index is -4.27. The quantitative estimate of drug-likeness (QED) is 0.704. The third-order valence-electron chi connectivity index (χ3n) is 2.99. The molecule has 0 saturated carbocycles. The van der Waals surface area contributed by atoms with Gasteiger partial charge >= 0.3 is 5.97 Å². The molecule has 0 aliphatic rings. The van der Waals surface area contributed by atoms with E-state index in [9.17, 15) is 17.6 Å². The number of benzene rings is 1. The molecule has 10 heteroatoms. The van der Waals surface area contributed by atoms with Gasteiger partial charge in [-0.05, 0) is 47.1 Å². The summed E-state index contributed by atoms with van der Waals surface area (Å²) < 4.78 is 51.5. The molecule has 0 unspecified atom stereocenters. The van der Waals surface area contributed by atoms with Gasteiger partial charge in [0.05, 0.1) is 19.3 Å². The topological polar surface area (TPSA) is 94.6 Å². The second kappa shape index (κ2) is 7.79. The molecule has 0 fully saturated rings. The van der Waals surface area contributed by atoms with Crippen LogP contribution in [0, 0.1) is 5.82 Å². The first-order valence-electron chi connectivity index (χ1n) is 6.97. The number of hydrogen-bond donors (Lipinski definition) is 1. The van der Waals surface area contributed by atoms with Gasteiger partial charge in [-0.25, -0.2) is 22.6 Å². The van der Waals surface area contributed by atoms with Gasteiger partial charge in [0.25, 0.3) is 10.0 Å². The molecule has 0 atom stereocenters. The van der Waals surface area contributed by atoms with Crippen LogP contribution in [0.2, 0.25) is 0 Å². The molecule has 0 aliphatic carbocycles. The maximum Gasteiger partial charge on any atom is 0.338 e. The van der Waals surface area contributed by atoms with Crippen LogP contribution in [-0.2, 0) is 14.8 Å². The Bertz CT molecular complexity index is 905. The average Bonchev–Trinajstić information content (AvgIpc) is 2.54. The van der Waals surface area contributed by atoms with Gasteiger partial charge in [0.1, 0.15) is 16.4 Å². The molecule has 1 N–H and O–H groups in total. The molecule has 25 heavy (non-hydrogen) atoms. The number of anilines is 1. The van der Waals surface area contributed by atoms with Crippen LogP contribution < -0.4 is 9.46 Å².